The fourth-order valence-corrected chi connectivity index (χ4v) is 4.13. The van der Waals surface area contributed by atoms with Crippen molar-refractivity contribution in [3.8, 4) is 0 Å². The Bertz CT molecular complexity index is 541. The maximum absolute atomic E-state index is 12.9. The molecule has 0 bridgehead atoms. The van der Waals surface area contributed by atoms with Crippen LogP contribution in [0.25, 0.3) is 0 Å². The maximum atomic E-state index is 12.9. The van der Waals surface area contributed by atoms with Crippen molar-refractivity contribution < 1.29 is 8.42 Å². The molecule has 1 unspecified atom stereocenters. The summed E-state index contributed by atoms with van der Waals surface area (Å²) in [6, 6.07) is 4.97. The largest absolute Gasteiger partial charge is 0.399 e. The summed E-state index contributed by atoms with van der Waals surface area (Å²) in [6.45, 7) is 8.39. The van der Waals surface area contributed by atoms with Crippen LogP contribution in [0.5, 0.6) is 0 Å². The van der Waals surface area contributed by atoms with Gasteiger partial charge >= 0.3 is 0 Å². The first-order chi connectivity index (χ1) is 9.34. The Hall–Kier alpha value is -1.07. The molecule has 0 fully saturated rings. The number of unbranched alkanes of at least 4 members (excludes halogenated alkanes) is 1. The van der Waals surface area contributed by atoms with E-state index in [1.807, 2.05) is 13.8 Å². The first-order valence-electron chi connectivity index (χ1n) is 7.22. The van der Waals surface area contributed by atoms with Crippen molar-refractivity contribution in [2.24, 2.45) is 0 Å². The van der Waals surface area contributed by atoms with Gasteiger partial charge in [-0.2, -0.15) is 4.31 Å². The molecule has 0 aromatic heterocycles. The van der Waals surface area contributed by atoms with Crippen molar-refractivity contribution in [3.05, 3.63) is 23.8 Å². The highest BCUT2D eigenvalue weighted by Gasteiger charge is 2.28. The van der Waals surface area contributed by atoms with Gasteiger partial charge in [0.15, 0.2) is 0 Å². The molecule has 2 N–H and O–H groups in total. The van der Waals surface area contributed by atoms with Crippen LogP contribution in [0.1, 0.15) is 45.6 Å². The van der Waals surface area contributed by atoms with Crippen LogP contribution in [0.4, 0.5) is 5.69 Å². The normalized spacial score (nSPS) is 13.7. The number of hydrogen-bond donors (Lipinski definition) is 1. The van der Waals surface area contributed by atoms with Crippen molar-refractivity contribution in [3.63, 3.8) is 0 Å². The Kier molecular flexibility index (Phi) is 6.02. The van der Waals surface area contributed by atoms with Crippen molar-refractivity contribution in [1.82, 2.24) is 4.31 Å². The highest BCUT2D eigenvalue weighted by atomic mass is 32.2. The molecule has 20 heavy (non-hydrogen) atoms. The van der Waals surface area contributed by atoms with E-state index in [-0.39, 0.29) is 6.04 Å². The molecule has 1 aromatic rings. The number of benzene rings is 1. The first kappa shape index (κ1) is 17.0. The molecule has 1 atom stereocenters. The summed E-state index contributed by atoms with van der Waals surface area (Å²) < 4.78 is 27.3. The van der Waals surface area contributed by atoms with E-state index in [0.717, 1.165) is 19.3 Å². The lowest BCUT2D eigenvalue weighted by Crippen LogP contribution is -2.39. The van der Waals surface area contributed by atoms with Crippen LogP contribution in [0.15, 0.2) is 23.1 Å². The van der Waals surface area contributed by atoms with E-state index in [0.29, 0.717) is 22.7 Å². The van der Waals surface area contributed by atoms with E-state index >= 15 is 0 Å². The molecule has 0 aliphatic heterocycles. The minimum absolute atomic E-state index is 0.00324. The zero-order chi connectivity index (χ0) is 15.3. The van der Waals surface area contributed by atoms with E-state index in [1.165, 1.54) is 0 Å². The molecular formula is C15H26N2O2S. The Morgan fingerprint density at radius 2 is 1.95 bits per heavy atom. The smallest absolute Gasteiger partial charge is 0.243 e. The van der Waals surface area contributed by atoms with Crippen LogP contribution in [-0.2, 0) is 10.0 Å². The maximum Gasteiger partial charge on any atom is 0.243 e. The lowest BCUT2D eigenvalue weighted by molar-refractivity contribution is 0.324. The molecule has 0 amide bonds. The highest BCUT2D eigenvalue weighted by Crippen LogP contribution is 2.24. The van der Waals surface area contributed by atoms with E-state index in [9.17, 15) is 8.42 Å². The molecule has 1 aromatic carbocycles. The number of hydrogen-bond acceptors (Lipinski definition) is 3. The molecule has 0 radical (unpaired) electrons. The van der Waals surface area contributed by atoms with Crippen LogP contribution in [-0.4, -0.2) is 25.3 Å². The number of nitrogens with two attached hydrogens (primary N) is 1. The van der Waals surface area contributed by atoms with E-state index in [1.54, 1.807) is 29.4 Å². The van der Waals surface area contributed by atoms with E-state index < -0.39 is 10.0 Å². The van der Waals surface area contributed by atoms with Crippen LogP contribution in [0, 0.1) is 6.92 Å². The highest BCUT2D eigenvalue weighted by molar-refractivity contribution is 7.89. The second-order valence-electron chi connectivity index (χ2n) is 5.25. The fraction of sp³-hybridized carbons (Fsp3) is 0.600. The van der Waals surface area contributed by atoms with Crippen molar-refractivity contribution >= 4 is 15.7 Å². The minimum Gasteiger partial charge on any atom is -0.399 e. The van der Waals surface area contributed by atoms with Gasteiger partial charge in [-0.25, -0.2) is 8.42 Å². The molecule has 0 aliphatic rings. The quantitative estimate of drug-likeness (QED) is 0.786. The number of sulfonamides is 1. The summed E-state index contributed by atoms with van der Waals surface area (Å²) in [5.74, 6) is 0. The molecule has 5 heteroatoms. The summed E-state index contributed by atoms with van der Waals surface area (Å²) in [4.78, 5) is 0.364. The first-order valence-corrected chi connectivity index (χ1v) is 8.66. The van der Waals surface area contributed by atoms with Gasteiger partial charge in [0.05, 0.1) is 4.90 Å². The van der Waals surface area contributed by atoms with Gasteiger partial charge < -0.3 is 5.73 Å². The molecule has 114 valence electrons. The lowest BCUT2D eigenvalue weighted by atomic mass is 10.2. The van der Waals surface area contributed by atoms with Crippen molar-refractivity contribution in [2.45, 2.75) is 57.9 Å². The van der Waals surface area contributed by atoms with E-state index in [4.69, 9.17) is 5.73 Å². The molecule has 1 rings (SSSR count). The topological polar surface area (TPSA) is 63.4 Å². The summed E-state index contributed by atoms with van der Waals surface area (Å²) >= 11 is 0. The molecule has 0 aliphatic carbocycles. The van der Waals surface area contributed by atoms with Gasteiger partial charge in [0.2, 0.25) is 10.0 Å². The zero-order valence-corrected chi connectivity index (χ0v) is 13.7. The van der Waals surface area contributed by atoms with Gasteiger partial charge in [0.25, 0.3) is 0 Å². The minimum atomic E-state index is -3.45. The third-order valence-electron chi connectivity index (χ3n) is 3.60. The Labute approximate surface area is 123 Å². The van der Waals surface area contributed by atoms with Gasteiger partial charge in [-0.15, -0.1) is 0 Å². The van der Waals surface area contributed by atoms with Crippen molar-refractivity contribution in [1.29, 1.82) is 0 Å². The van der Waals surface area contributed by atoms with Gasteiger partial charge in [0, 0.05) is 18.3 Å². The fourth-order valence-electron chi connectivity index (χ4n) is 2.18. The summed E-state index contributed by atoms with van der Waals surface area (Å²) in [5, 5.41) is 0. The number of anilines is 1. The second-order valence-corrected chi connectivity index (χ2v) is 7.11. The predicted molar refractivity (Wildman–Crippen MR) is 84.1 cm³/mol. The molecule has 0 spiro atoms. The molecule has 0 heterocycles. The third-order valence-corrected chi connectivity index (χ3v) is 5.77. The zero-order valence-electron chi connectivity index (χ0n) is 12.9. The second kappa shape index (κ2) is 7.09. The summed E-state index contributed by atoms with van der Waals surface area (Å²) in [6.07, 6.45) is 2.65. The lowest BCUT2D eigenvalue weighted by Gasteiger charge is -2.28. The van der Waals surface area contributed by atoms with Gasteiger partial charge in [0.1, 0.15) is 0 Å². The molecule has 0 saturated carbocycles. The van der Waals surface area contributed by atoms with Crippen LogP contribution in [0.3, 0.4) is 0 Å². The van der Waals surface area contributed by atoms with Gasteiger partial charge in [-0.3, -0.25) is 0 Å². The SMILES string of the molecule is CCCCN(C(C)CC)S(=O)(=O)c1ccc(N)cc1C. The van der Waals surface area contributed by atoms with Crippen molar-refractivity contribution in [2.75, 3.05) is 12.3 Å². The number of aryl methyl sites for hydroxylation is 1. The summed E-state index contributed by atoms with van der Waals surface area (Å²) in [5.41, 5.74) is 7.00. The molecular weight excluding hydrogens is 272 g/mol. The number of nitrogen functional groups attached to an aromatic ring is 1. The molecule has 4 nitrogen and oxygen atoms in total. The monoisotopic (exact) mass is 298 g/mol. The Balaban J connectivity index is 3.21. The van der Waals surface area contributed by atoms with Crippen LogP contribution in [0.2, 0.25) is 0 Å². The van der Waals surface area contributed by atoms with Gasteiger partial charge in [-0.05, 0) is 50.5 Å². The van der Waals surface area contributed by atoms with E-state index in [2.05, 4.69) is 6.92 Å². The number of nitrogens with zero attached hydrogens (tertiary/aromatic N) is 1. The standard InChI is InChI=1S/C15H26N2O2S/c1-5-7-10-17(13(4)6-2)20(18,19)15-9-8-14(16)11-12(15)3/h8-9,11,13H,5-7,10,16H2,1-4H3. The Morgan fingerprint density at radius 3 is 2.45 bits per heavy atom. The van der Waals surface area contributed by atoms with Gasteiger partial charge in [-0.1, -0.05) is 20.3 Å². The molecule has 0 saturated heterocycles. The Morgan fingerprint density at radius 1 is 1.30 bits per heavy atom. The average Bonchev–Trinajstić information content (AvgIpc) is 2.38. The predicted octanol–water partition coefficient (Wildman–Crippen LogP) is 3.17. The third kappa shape index (κ3) is 3.73. The number of rotatable bonds is 7. The average molecular weight is 298 g/mol. The van der Waals surface area contributed by atoms with Crippen LogP contribution < -0.4 is 5.73 Å². The van der Waals surface area contributed by atoms with Crippen LogP contribution >= 0.6 is 0 Å². The summed E-state index contributed by atoms with van der Waals surface area (Å²) in [7, 11) is -3.45.